The van der Waals surface area contributed by atoms with Crippen molar-refractivity contribution in [1.29, 1.82) is 0 Å². The van der Waals surface area contributed by atoms with Crippen LogP contribution in [0.3, 0.4) is 0 Å². The smallest absolute Gasteiger partial charge is 0.0380 e. The molecule has 0 radical (unpaired) electrons. The monoisotopic (exact) mass is 292 g/mol. The molecule has 64 valence electrons. The summed E-state index contributed by atoms with van der Waals surface area (Å²) in [6.45, 7) is 0. The Hall–Kier alpha value is -0.360. The van der Waals surface area contributed by atoms with Crippen LogP contribution in [0.2, 0.25) is 0 Å². The van der Waals surface area contributed by atoms with Crippen LogP contribution in [-0.2, 0) is 0 Å². The normalized spacial score (nSPS) is 10.4. The Labute approximate surface area is 88.2 Å². The summed E-state index contributed by atoms with van der Waals surface area (Å²) in [5.74, 6) is 0. The Bertz CT molecular complexity index is 258. The van der Waals surface area contributed by atoms with Crippen LogP contribution in [0.15, 0.2) is 41.6 Å². The molecule has 0 aromatic heterocycles. The molecule has 1 aromatic carbocycles. The van der Waals surface area contributed by atoms with Crippen molar-refractivity contribution in [1.82, 2.24) is 0 Å². The van der Waals surface area contributed by atoms with E-state index in [2.05, 4.69) is 38.7 Å². The van der Waals surface area contributed by atoms with Crippen LogP contribution in [0.1, 0.15) is 0 Å². The van der Waals surface area contributed by atoms with Crippen LogP contribution in [0, 0.1) is 0 Å². The van der Waals surface area contributed by atoms with Crippen LogP contribution >= 0.6 is 30.1 Å². The van der Waals surface area contributed by atoms with Gasteiger partial charge in [0.05, 0.1) is 0 Å². The van der Waals surface area contributed by atoms with Crippen molar-refractivity contribution < 1.29 is 0 Å². The van der Waals surface area contributed by atoms with Crippen LogP contribution in [-0.4, -0.2) is 0 Å². The summed E-state index contributed by atoms with van der Waals surface area (Å²) in [6.07, 6.45) is 3.17. The second-order valence-electron chi connectivity index (χ2n) is 2.10. The number of nitrogens with one attached hydrogen (secondary N) is 1. The maximum atomic E-state index is 5.18. The number of hydrogen-bond acceptors (Lipinski definition) is 3. The van der Waals surface area contributed by atoms with Gasteiger partial charge < -0.3 is 11.1 Å². The van der Waals surface area contributed by atoms with Gasteiger partial charge in [-0.3, -0.25) is 0 Å². The number of rotatable bonds is 3. The molecular weight excluding hydrogens is 283 g/mol. The second kappa shape index (κ2) is 5.31. The fourth-order valence-electron chi connectivity index (χ4n) is 0.747. The quantitative estimate of drug-likeness (QED) is 0.841. The van der Waals surface area contributed by atoms with E-state index >= 15 is 0 Å². The van der Waals surface area contributed by atoms with Crippen molar-refractivity contribution in [2.24, 2.45) is 5.73 Å². The number of nitrogens with two attached hydrogens (primary N) is 1. The first-order valence-electron chi connectivity index (χ1n) is 3.39. The van der Waals surface area contributed by atoms with Crippen molar-refractivity contribution in [2.45, 2.75) is 4.90 Å². The average Bonchev–Trinajstić information content (AvgIpc) is 2.15. The lowest BCUT2D eigenvalue weighted by atomic mass is 10.3. The van der Waals surface area contributed by atoms with Gasteiger partial charge in [0, 0.05) is 44.2 Å². The summed E-state index contributed by atoms with van der Waals surface area (Å²) in [5.41, 5.74) is 6.23. The molecule has 2 nitrogen and oxygen atoms in total. The van der Waals surface area contributed by atoms with Gasteiger partial charge in [-0.05, 0) is 24.3 Å². The third-order valence-corrected chi connectivity index (χ3v) is 3.27. The lowest BCUT2D eigenvalue weighted by Crippen LogP contribution is -1.88. The summed E-state index contributed by atoms with van der Waals surface area (Å²) >= 11 is 2.26. The first kappa shape index (κ1) is 9.73. The Morgan fingerprint density at radius 2 is 2.00 bits per heavy atom. The molecule has 0 aliphatic heterocycles. The molecule has 0 atom stereocenters. The van der Waals surface area contributed by atoms with E-state index in [1.807, 2.05) is 12.1 Å². The molecule has 0 amide bonds. The Morgan fingerprint density at radius 1 is 1.33 bits per heavy atom. The summed E-state index contributed by atoms with van der Waals surface area (Å²) in [5, 5.41) is 3.03. The van der Waals surface area contributed by atoms with E-state index in [4.69, 9.17) is 5.73 Å². The molecule has 0 fully saturated rings. The molecule has 0 saturated heterocycles. The van der Waals surface area contributed by atoms with Crippen molar-refractivity contribution in [3.8, 4) is 0 Å². The third-order valence-electron chi connectivity index (χ3n) is 1.29. The van der Waals surface area contributed by atoms with E-state index in [0.29, 0.717) is 0 Å². The molecular formula is C8H9IN2S. The Morgan fingerprint density at radius 3 is 2.50 bits per heavy atom. The average molecular weight is 292 g/mol. The first-order valence-corrected chi connectivity index (χ1v) is 6.74. The molecule has 0 saturated carbocycles. The second-order valence-corrected chi connectivity index (χ2v) is 4.05. The third kappa shape index (κ3) is 2.94. The van der Waals surface area contributed by atoms with Crippen LogP contribution in [0.4, 0.5) is 5.69 Å². The molecule has 3 N–H and O–H groups in total. The van der Waals surface area contributed by atoms with Gasteiger partial charge in [0.1, 0.15) is 0 Å². The topological polar surface area (TPSA) is 38.0 Å². The number of anilines is 1. The molecule has 0 spiro atoms. The molecule has 1 rings (SSSR count). The Kier molecular flexibility index (Phi) is 4.31. The zero-order valence-electron chi connectivity index (χ0n) is 6.33. The Balaban J connectivity index is 2.64. The molecule has 1 aromatic rings. The zero-order valence-corrected chi connectivity index (χ0v) is 9.30. The van der Waals surface area contributed by atoms with Crippen LogP contribution in [0.25, 0.3) is 0 Å². The van der Waals surface area contributed by atoms with Gasteiger partial charge in [-0.15, -0.1) is 0 Å². The van der Waals surface area contributed by atoms with E-state index in [0.717, 1.165) is 5.69 Å². The minimum Gasteiger partial charge on any atom is -0.403 e. The number of halogens is 1. The van der Waals surface area contributed by atoms with E-state index < -0.39 is 0 Å². The maximum absolute atomic E-state index is 5.18. The lowest BCUT2D eigenvalue weighted by molar-refractivity contribution is 1.44. The van der Waals surface area contributed by atoms with Crippen LogP contribution in [0.5, 0.6) is 0 Å². The van der Waals surface area contributed by atoms with Gasteiger partial charge in [0.15, 0.2) is 0 Å². The van der Waals surface area contributed by atoms with E-state index in [1.165, 1.54) is 11.1 Å². The molecule has 4 heteroatoms. The SMILES string of the molecule is N/C=C\Nc1ccc(SI)cc1. The molecule has 0 bridgehead atoms. The molecule has 0 unspecified atom stereocenters. The molecule has 12 heavy (non-hydrogen) atoms. The maximum Gasteiger partial charge on any atom is 0.0380 e. The highest BCUT2D eigenvalue weighted by molar-refractivity contribution is 14.2. The van der Waals surface area contributed by atoms with Gasteiger partial charge in [-0.1, -0.05) is 8.93 Å². The summed E-state index contributed by atoms with van der Waals surface area (Å²) in [4.78, 5) is 1.25. The fraction of sp³-hybridized carbons (Fsp3) is 0. The fourth-order valence-corrected chi connectivity index (χ4v) is 1.87. The predicted octanol–water partition coefficient (Wildman–Crippen LogP) is 2.97. The van der Waals surface area contributed by atoms with Gasteiger partial charge in [0.2, 0.25) is 0 Å². The van der Waals surface area contributed by atoms with Crippen LogP contribution < -0.4 is 11.1 Å². The van der Waals surface area contributed by atoms with Gasteiger partial charge in [-0.25, -0.2) is 0 Å². The van der Waals surface area contributed by atoms with E-state index in [9.17, 15) is 0 Å². The van der Waals surface area contributed by atoms with Gasteiger partial charge in [0.25, 0.3) is 0 Å². The summed E-state index contributed by atoms with van der Waals surface area (Å²) in [6, 6.07) is 8.15. The molecule has 0 aliphatic carbocycles. The molecule has 0 heterocycles. The summed E-state index contributed by atoms with van der Waals surface area (Å²) in [7, 11) is 1.70. The van der Waals surface area contributed by atoms with Crippen molar-refractivity contribution in [2.75, 3.05) is 5.32 Å². The van der Waals surface area contributed by atoms with Crippen molar-refractivity contribution in [3.05, 3.63) is 36.7 Å². The highest BCUT2D eigenvalue weighted by Gasteiger charge is 1.90. The highest BCUT2D eigenvalue weighted by Crippen LogP contribution is 2.25. The van der Waals surface area contributed by atoms with E-state index in [1.54, 1.807) is 15.1 Å². The van der Waals surface area contributed by atoms with Gasteiger partial charge >= 0.3 is 0 Å². The minimum atomic E-state index is 1.05. The minimum absolute atomic E-state index is 1.05. The largest absolute Gasteiger partial charge is 0.403 e. The number of hydrogen-bond donors (Lipinski definition) is 2. The van der Waals surface area contributed by atoms with E-state index in [-0.39, 0.29) is 0 Å². The highest BCUT2D eigenvalue weighted by atomic mass is 127. The standard InChI is InChI=1S/C8H9IN2S/c9-12-8-3-1-7(2-4-8)11-6-5-10/h1-6,11H,10H2/b6-5-. The van der Waals surface area contributed by atoms with Crippen molar-refractivity contribution >= 4 is 35.8 Å². The summed E-state index contributed by atoms with van der Waals surface area (Å²) < 4.78 is 0. The zero-order chi connectivity index (χ0) is 8.81. The van der Waals surface area contributed by atoms with Crippen molar-refractivity contribution in [3.63, 3.8) is 0 Å². The first-order chi connectivity index (χ1) is 5.86. The lowest BCUT2D eigenvalue weighted by Gasteiger charge is -2.00. The number of benzene rings is 1. The predicted molar refractivity (Wildman–Crippen MR) is 63.3 cm³/mol. The molecule has 0 aliphatic rings. The van der Waals surface area contributed by atoms with Gasteiger partial charge in [-0.2, -0.15) is 0 Å².